The molecule has 18 heavy (non-hydrogen) atoms. The molecule has 1 unspecified atom stereocenters. The maximum absolute atomic E-state index is 3.47. The van der Waals surface area contributed by atoms with Crippen molar-refractivity contribution >= 4 is 0 Å². The normalized spacial score (nSPS) is 12.9. The zero-order valence-electron chi connectivity index (χ0n) is 12.4. The Balaban J connectivity index is 2.80. The molecule has 0 fully saturated rings. The molecule has 0 aliphatic carbocycles. The summed E-state index contributed by atoms with van der Waals surface area (Å²) in [7, 11) is 0. The summed E-state index contributed by atoms with van der Waals surface area (Å²) in [6.45, 7) is 6.92. The van der Waals surface area contributed by atoms with Gasteiger partial charge in [0.2, 0.25) is 0 Å². The average molecular weight is 245 g/mol. The van der Waals surface area contributed by atoms with E-state index in [1.807, 2.05) is 0 Å². The third-order valence-electron chi connectivity index (χ3n) is 3.89. The lowest BCUT2D eigenvalue weighted by molar-refractivity contribution is 0.341. The van der Waals surface area contributed by atoms with Crippen molar-refractivity contribution in [2.24, 2.45) is 5.92 Å². The van der Waals surface area contributed by atoms with Gasteiger partial charge in [-0.05, 0) is 29.9 Å². The molecule has 0 heteroatoms. The zero-order valence-corrected chi connectivity index (χ0v) is 12.4. The third-order valence-corrected chi connectivity index (χ3v) is 3.89. The van der Waals surface area contributed by atoms with Crippen LogP contribution in [-0.4, -0.2) is 0 Å². The highest BCUT2D eigenvalue weighted by molar-refractivity contribution is 5.19. The summed E-state index contributed by atoms with van der Waals surface area (Å²) >= 11 is 0. The van der Waals surface area contributed by atoms with Crippen molar-refractivity contribution < 1.29 is 0 Å². The first-order chi connectivity index (χ1) is 8.83. The Bertz CT molecular complexity index is 282. The molecule has 0 amide bonds. The molecule has 0 saturated carbocycles. The predicted molar refractivity (Wildman–Crippen MR) is 80.9 cm³/mol. The van der Waals surface area contributed by atoms with E-state index in [2.05, 4.69) is 51.1 Å². The first kappa shape index (κ1) is 15.3. The first-order valence-electron chi connectivity index (χ1n) is 7.80. The SMILES string of the molecule is CCCCC(c1[c]cccc1)C(CCC)CCC. The quantitative estimate of drug-likeness (QED) is 0.502. The van der Waals surface area contributed by atoms with Crippen LogP contribution in [0.5, 0.6) is 0 Å². The molecule has 0 heterocycles. The largest absolute Gasteiger partial charge is 0.0654 e. The molecule has 0 spiro atoms. The van der Waals surface area contributed by atoms with E-state index in [0.717, 1.165) is 11.8 Å². The van der Waals surface area contributed by atoms with Crippen molar-refractivity contribution in [3.8, 4) is 0 Å². The van der Waals surface area contributed by atoms with Crippen molar-refractivity contribution in [2.75, 3.05) is 0 Å². The summed E-state index contributed by atoms with van der Waals surface area (Å²) in [4.78, 5) is 0. The van der Waals surface area contributed by atoms with Gasteiger partial charge in [-0.3, -0.25) is 0 Å². The monoisotopic (exact) mass is 245 g/mol. The van der Waals surface area contributed by atoms with E-state index in [4.69, 9.17) is 0 Å². The van der Waals surface area contributed by atoms with Crippen LogP contribution in [0.4, 0.5) is 0 Å². The molecule has 0 aromatic heterocycles. The van der Waals surface area contributed by atoms with Crippen LogP contribution in [0.3, 0.4) is 0 Å². The Hall–Kier alpha value is -0.780. The Morgan fingerprint density at radius 3 is 2.17 bits per heavy atom. The van der Waals surface area contributed by atoms with Gasteiger partial charge in [0.15, 0.2) is 0 Å². The number of hydrogen-bond donors (Lipinski definition) is 0. The minimum atomic E-state index is 0.728. The van der Waals surface area contributed by atoms with E-state index in [1.54, 1.807) is 0 Å². The standard InChI is InChI=1S/C18H29/c1-4-7-15-18(16(11-5-2)12-6-3)17-13-9-8-10-14-17/h8-10,13,16,18H,4-7,11-12,15H2,1-3H3. The van der Waals surface area contributed by atoms with Gasteiger partial charge in [-0.1, -0.05) is 83.6 Å². The third kappa shape index (κ3) is 4.84. The summed E-state index contributed by atoms with van der Waals surface area (Å²) in [5.74, 6) is 1.58. The van der Waals surface area contributed by atoms with Gasteiger partial charge in [0, 0.05) is 0 Å². The van der Waals surface area contributed by atoms with Gasteiger partial charge >= 0.3 is 0 Å². The lowest BCUT2D eigenvalue weighted by atomic mass is 9.78. The topological polar surface area (TPSA) is 0 Å². The van der Waals surface area contributed by atoms with Gasteiger partial charge in [-0.2, -0.15) is 0 Å². The molecule has 1 atom stereocenters. The fraction of sp³-hybridized carbons (Fsp3) is 0.667. The van der Waals surface area contributed by atoms with Crippen LogP contribution in [0.15, 0.2) is 24.3 Å². The van der Waals surface area contributed by atoms with Crippen LogP contribution in [0.25, 0.3) is 0 Å². The highest BCUT2D eigenvalue weighted by Gasteiger charge is 2.21. The maximum atomic E-state index is 3.47. The second kappa shape index (κ2) is 9.19. The predicted octanol–water partition coefficient (Wildman–Crippen LogP) is 5.98. The number of rotatable bonds is 9. The van der Waals surface area contributed by atoms with Crippen LogP contribution in [0.1, 0.15) is 77.2 Å². The smallest absolute Gasteiger partial charge is 0.0127 e. The van der Waals surface area contributed by atoms with Crippen molar-refractivity contribution in [1.82, 2.24) is 0 Å². The molecule has 0 N–H and O–H groups in total. The Morgan fingerprint density at radius 2 is 1.67 bits per heavy atom. The van der Waals surface area contributed by atoms with Crippen LogP contribution in [-0.2, 0) is 0 Å². The van der Waals surface area contributed by atoms with E-state index < -0.39 is 0 Å². The van der Waals surface area contributed by atoms with Crippen molar-refractivity contribution in [3.63, 3.8) is 0 Å². The number of unbranched alkanes of at least 4 members (excludes halogenated alkanes) is 1. The van der Waals surface area contributed by atoms with E-state index in [-0.39, 0.29) is 0 Å². The summed E-state index contributed by atoms with van der Waals surface area (Å²) in [6, 6.07) is 12.1. The molecule has 1 aromatic carbocycles. The van der Waals surface area contributed by atoms with Gasteiger partial charge in [0.25, 0.3) is 0 Å². The maximum Gasteiger partial charge on any atom is -0.0127 e. The summed E-state index contributed by atoms with van der Waals surface area (Å²) in [5.41, 5.74) is 1.44. The highest BCUT2D eigenvalue weighted by atomic mass is 14.3. The van der Waals surface area contributed by atoms with E-state index >= 15 is 0 Å². The van der Waals surface area contributed by atoms with Crippen molar-refractivity contribution in [3.05, 3.63) is 35.9 Å². The zero-order chi connectivity index (χ0) is 13.2. The molecule has 0 saturated heterocycles. The summed E-state index contributed by atoms with van der Waals surface area (Å²) in [6.07, 6.45) is 9.32. The Kier molecular flexibility index (Phi) is 7.80. The van der Waals surface area contributed by atoms with Crippen LogP contribution < -0.4 is 0 Å². The van der Waals surface area contributed by atoms with Crippen molar-refractivity contribution in [2.45, 2.75) is 71.6 Å². The van der Waals surface area contributed by atoms with Gasteiger partial charge in [-0.15, -0.1) is 0 Å². The van der Waals surface area contributed by atoms with Crippen LogP contribution >= 0.6 is 0 Å². The fourth-order valence-electron chi connectivity index (χ4n) is 3.00. The second-order valence-corrected chi connectivity index (χ2v) is 5.40. The molecule has 1 aromatic rings. The van der Waals surface area contributed by atoms with Gasteiger partial charge in [-0.25, -0.2) is 0 Å². The molecule has 1 rings (SSSR count). The minimum absolute atomic E-state index is 0.728. The number of benzene rings is 1. The Morgan fingerprint density at radius 1 is 0.944 bits per heavy atom. The van der Waals surface area contributed by atoms with Gasteiger partial charge in [0.05, 0.1) is 0 Å². The van der Waals surface area contributed by atoms with Crippen molar-refractivity contribution in [1.29, 1.82) is 0 Å². The van der Waals surface area contributed by atoms with E-state index in [0.29, 0.717) is 0 Å². The lowest BCUT2D eigenvalue weighted by Crippen LogP contribution is -2.13. The molecule has 0 bridgehead atoms. The lowest BCUT2D eigenvalue weighted by Gasteiger charge is -2.27. The molecular formula is C18H29. The van der Waals surface area contributed by atoms with Gasteiger partial charge in [0.1, 0.15) is 0 Å². The van der Waals surface area contributed by atoms with Crippen LogP contribution in [0, 0.1) is 12.0 Å². The first-order valence-corrected chi connectivity index (χ1v) is 7.80. The van der Waals surface area contributed by atoms with E-state index in [1.165, 1.54) is 50.5 Å². The molecule has 0 aliphatic rings. The summed E-state index contributed by atoms with van der Waals surface area (Å²) in [5, 5.41) is 0. The van der Waals surface area contributed by atoms with E-state index in [9.17, 15) is 0 Å². The second-order valence-electron chi connectivity index (χ2n) is 5.40. The summed E-state index contributed by atoms with van der Waals surface area (Å²) < 4.78 is 0. The average Bonchev–Trinajstić information content (AvgIpc) is 2.41. The van der Waals surface area contributed by atoms with Crippen LogP contribution in [0.2, 0.25) is 0 Å². The molecule has 0 nitrogen and oxygen atoms in total. The molecule has 101 valence electrons. The fourth-order valence-corrected chi connectivity index (χ4v) is 3.00. The Labute approximate surface area is 114 Å². The molecule has 1 radical (unpaired) electrons. The molecule has 0 aliphatic heterocycles. The number of hydrogen-bond acceptors (Lipinski definition) is 0. The highest BCUT2D eigenvalue weighted by Crippen LogP contribution is 2.35. The van der Waals surface area contributed by atoms with Gasteiger partial charge < -0.3 is 0 Å². The minimum Gasteiger partial charge on any atom is -0.0654 e. The molecular weight excluding hydrogens is 216 g/mol.